The van der Waals surface area contributed by atoms with E-state index >= 15 is 0 Å². The van der Waals surface area contributed by atoms with Crippen LogP contribution in [0.2, 0.25) is 18.1 Å². The van der Waals surface area contributed by atoms with Crippen LogP contribution in [0.4, 0.5) is 0 Å². The number of methoxy groups -OCH3 is 1. The number of esters is 1. The number of epoxide rings is 1. The van der Waals surface area contributed by atoms with Crippen LogP contribution in [0.1, 0.15) is 79.4 Å². The highest BCUT2D eigenvalue weighted by Gasteiger charge is 2.55. The van der Waals surface area contributed by atoms with Crippen molar-refractivity contribution in [1.82, 2.24) is 0 Å². The van der Waals surface area contributed by atoms with Gasteiger partial charge in [0.1, 0.15) is 23.6 Å². The Morgan fingerprint density at radius 2 is 1.50 bits per heavy atom. The van der Waals surface area contributed by atoms with E-state index in [-0.39, 0.29) is 24.3 Å². The standard InChI is InChI=1S/C36H56O7Si/c1-10-44(11-2,12-3)43-30(22-23-39-25-27-16-14-13-15-17-27)24-31-32(41-31)33(36(7,8)34(37)42-35(4,5)6)40-26-28-18-20-29(38-9)21-19-28/h13-21,30-33H,10-12,22-26H2,1-9H3/t30-,31+,32-,33+/m0/s1. The molecule has 0 saturated carbocycles. The van der Waals surface area contributed by atoms with Gasteiger partial charge in [-0.15, -0.1) is 0 Å². The third-order valence-electron chi connectivity index (χ3n) is 8.69. The predicted molar refractivity (Wildman–Crippen MR) is 177 cm³/mol. The second kappa shape index (κ2) is 16.4. The smallest absolute Gasteiger partial charge is 0.314 e. The molecule has 7 nitrogen and oxygen atoms in total. The molecule has 1 aliphatic rings. The molecule has 1 fully saturated rings. The van der Waals surface area contributed by atoms with Crippen molar-refractivity contribution in [3.8, 4) is 5.75 Å². The first-order chi connectivity index (χ1) is 20.9. The first kappa shape index (κ1) is 36.2. The van der Waals surface area contributed by atoms with Gasteiger partial charge in [-0.05, 0) is 82.4 Å². The van der Waals surface area contributed by atoms with E-state index in [2.05, 4.69) is 32.9 Å². The summed E-state index contributed by atoms with van der Waals surface area (Å²) in [6, 6.07) is 21.3. The maximum Gasteiger partial charge on any atom is 0.314 e. The van der Waals surface area contributed by atoms with E-state index in [0.29, 0.717) is 19.8 Å². The van der Waals surface area contributed by atoms with E-state index in [1.54, 1.807) is 7.11 Å². The Kier molecular flexibility index (Phi) is 13.5. The van der Waals surface area contributed by atoms with Gasteiger partial charge < -0.3 is 28.1 Å². The molecule has 2 aromatic carbocycles. The first-order valence-electron chi connectivity index (χ1n) is 16.3. The van der Waals surface area contributed by atoms with E-state index in [1.165, 1.54) is 0 Å². The van der Waals surface area contributed by atoms with Crippen LogP contribution in [-0.4, -0.2) is 58.0 Å². The monoisotopic (exact) mass is 628 g/mol. The summed E-state index contributed by atoms with van der Waals surface area (Å²) in [5.74, 6) is 0.491. The molecule has 0 N–H and O–H groups in total. The van der Waals surface area contributed by atoms with Gasteiger partial charge in [0.05, 0.1) is 31.8 Å². The Morgan fingerprint density at radius 3 is 2.07 bits per heavy atom. The van der Waals surface area contributed by atoms with E-state index in [9.17, 15) is 4.79 Å². The van der Waals surface area contributed by atoms with Crippen LogP contribution in [-0.2, 0) is 41.4 Å². The fourth-order valence-corrected chi connectivity index (χ4v) is 8.50. The van der Waals surface area contributed by atoms with Gasteiger partial charge in [-0.3, -0.25) is 4.79 Å². The minimum absolute atomic E-state index is 0.0131. The molecule has 0 amide bonds. The molecule has 3 rings (SSSR count). The number of ether oxygens (including phenoxy) is 5. The maximum absolute atomic E-state index is 13.5. The van der Waals surface area contributed by atoms with Crippen LogP contribution < -0.4 is 4.74 Å². The number of benzene rings is 2. The van der Waals surface area contributed by atoms with Crippen molar-refractivity contribution in [3.05, 3.63) is 65.7 Å². The number of carbonyl (C=O) groups is 1. The fourth-order valence-electron chi connectivity index (χ4n) is 5.58. The predicted octanol–water partition coefficient (Wildman–Crippen LogP) is 8.10. The van der Waals surface area contributed by atoms with Crippen LogP contribution in [0.15, 0.2) is 54.6 Å². The Labute approximate surface area is 267 Å². The molecule has 0 aliphatic carbocycles. The lowest BCUT2D eigenvalue weighted by Crippen LogP contribution is -2.46. The molecule has 0 radical (unpaired) electrons. The van der Waals surface area contributed by atoms with Gasteiger partial charge in [0.15, 0.2) is 8.32 Å². The topological polar surface area (TPSA) is 75.8 Å². The second-order valence-corrected chi connectivity index (χ2v) is 18.2. The van der Waals surface area contributed by atoms with Crippen molar-refractivity contribution >= 4 is 14.3 Å². The molecular formula is C36H56O7Si. The summed E-state index contributed by atoms with van der Waals surface area (Å²) in [5, 5.41) is 0. The SMILES string of the molecule is CC[Si](CC)(CC)O[C@@H](CCOCc1ccccc1)C[C@H]1O[C@@H]1[C@@H](OCc1ccc(OC)cc1)C(C)(C)C(=O)OC(C)(C)C. The summed E-state index contributed by atoms with van der Waals surface area (Å²) in [7, 11) is -0.219. The van der Waals surface area contributed by atoms with Crippen molar-refractivity contribution in [2.45, 2.75) is 130 Å². The molecule has 0 unspecified atom stereocenters. The van der Waals surface area contributed by atoms with Crippen molar-refractivity contribution < 1.29 is 32.9 Å². The van der Waals surface area contributed by atoms with Gasteiger partial charge in [0.2, 0.25) is 0 Å². The summed E-state index contributed by atoms with van der Waals surface area (Å²) >= 11 is 0. The third kappa shape index (κ3) is 10.7. The van der Waals surface area contributed by atoms with Gasteiger partial charge in [0.25, 0.3) is 0 Å². The first-order valence-corrected chi connectivity index (χ1v) is 18.8. The molecule has 0 bridgehead atoms. The van der Waals surface area contributed by atoms with Gasteiger partial charge in [-0.2, -0.15) is 0 Å². The normalized spacial score (nSPS) is 18.5. The molecule has 8 heteroatoms. The quantitative estimate of drug-likeness (QED) is 0.0673. The minimum atomic E-state index is -1.87. The average Bonchev–Trinajstić information content (AvgIpc) is 3.76. The van der Waals surface area contributed by atoms with Gasteiger partial charge >= 0.3 is 5.97 Å². The zero-order valence-corrected chi connectivity index (χ0v) is 29.5. The van der Waals surface area contributed by atoms with Gasteiger partial charge in [0, 0.05) is 19.1 Å². The molecule has 4 atom stereocenters. The van der Waals surface area contributed by atoms with Crippen LogP contribution in [0.25, 0.3) is 0 Å². The molecule has 44 heavy (non-hydrogen) atoms. The number of hydrogen-bond acceptors (Lipinski definition) is 7. The molecule has 2 aromatic rings. The van der Waals surface area contributed by atoms with Gasteiger partial charge in [-0.1, -0.05) is 63.2 Å². The van der Waals surface area contributed by atoms with Crippen LogP contribution in [0.5, 0.6) is 5.75 Å². The molecule has 1 aliphatic heterocycles. The molecular weight excluding hydrogens is 572 g/mol. The Morgan fingerprint density at radius 1 is 0.886 bits per heavy atom. The van der Waals surface area contributed by atoms with E-state index in [4.69, 9.17) is 28.1 Å². The second-order valence-electron chi connectivity index (χ2n) is 13.5. The maximum atomic E-state index is 13.5. The summed E-state index contributed by atoms with van der Waals surface area (Å²) in [5.41, 5.74) is 0.625. The summed E-state index contributed by atoms with van der Waals surface area (Å²) < 4.78 is 37.1. The largest absolute Gasteiger partial charge is 0.497 e. The van der Waals surface area contributed by atoms with Crippen molar-refractivity contribution in [3.63, 3.8) is 0 Å². The Hall–Kier alpha value is -2.23. The van der Waals surface area contributed by atoms with Crippen LogP contribution >= 0.6 is 0 Å². The van der Waals surface area contributed by atoms with Gasteiger partial charge in [-0.25, -0.2) is 0 Å². The number of hydrogen-bond donors (Lipinski definition) is 0. The zero-order valence-electron chi connectivity index (χ0n) is 28.5. The Balaban J connectivity index is 1.74. The lowest BCUT2D eigenvalue weighted by Gasteiger charge is -2.35. The molecule has 0 spiro atoms. The lowest BCUT2D eigenvalue weighted by atomic mass is 9.83. The van der Waals surface area contributed by atoms with Crippen molar-refractivity contribution in [1.29, 1.82) is 0 Å². The highest BCUT2D eigenvalue weighted by Crippen LogP contribution is 2.42. The van der Waals surface area contributed by atoms with Crippen LogP contribution in [0, 0.1) is 5.41 Å². The van der Waals surface area contributed by atoms with Crippen molar-refractivity contribution in [2.75, 3.05) is 13.7 Å². The third-order valence-corrected chi connectivity index (χ3v) is 13.4. The highest BCUT2D eigenvalue weighted by molar-refractivity contribution is 6.73. The summed E-state index contributed by atoms with van der Waals surface area (Å²) in [6.07, 6.45) is 0.730. The van der Waals surface area contributed by atoms with E-state index in [0.717, 1.165) is 47.9 Å². The minimum Gasteiger partial charge on any atom is -0.497 e. The lowest BCUT2D eigenvalue weighted by molar-refractivity contribution is -0.177. The Bertz CT molecular complexity index is 1120. The summed E-state index contributed by atoms with van der Waals surface area (Å²) in [4.78, 5) is 13.5. The average molecular weight is 629 g/mol. The van der Waals surface area contributed by atoms with Crippen molar-refractivity contribution in [2.24, 2.45) is 5.41 Å². The molecule has 246 valence electrons. The summed E-state index contributed by atoms with van der Waals surface area (Å²) in [6.45, 7) is 17.8. The molecule has 0 aromatic heterocycles. The highest BCUT2D eigenvalue weighted by atomic mass is 28.4. The van der Waals surface area contributed by atoms with E-state index in [1.807, 2.05) is 77.1 Å². The fraction of sp³-hybridized carbons (Fsp3) is 0.639. The zero-order chi connectivity index (χ0) is 32.4. The number of carbonyl (C=O) groups excluding carboxylic acids is 1. The van der Waals surface area contributed by atoms with E-state index < -0.39 is 25.4 Å². The molecule has 1 heterocycles. The van der Waals surface area contributed by atoms with Crippen LogP contribution in [0.3, 0.4) is 0 Å². The number of rotatable bonds is 19. The molecule has 1 saturated heterocycles.